The molecule has 0 bridgehead atoms. The van der Waals surface area contributed by atoms with Crippen molar-refractivity contribution in [2.75, 3.05) is 7.11 Å². The Balaban J connectivity index is 2.76. The van der Waals surface area contributed by atoms with Gasteiger partial charge in [0.05, 0.1) is 13.2 Å². The Morgan fingerprint density at radius 2 is 2.15 bits per heavy atom. The second-order valence-electron chi connectivity index (χ2n) is 3.34. The van der Waals surface area contributed by atoms with Crippen molar-refractivity contribution in [2.45, 2.75) is 19.9 Å². The molecule has 1 unspecified atom stereocenters. The van der Waals surface area contributed by atoms with Crippen molar-refractivity contribution in [1.29, 1.82) is 0 Å². The second-order valence-corrected chi connectivity index (χ2v) is 3.34. The number of ether oxygens (including phenoxy) is 1. The Morgan fingerprint density at radius 3 is 2.69 bits per heavy atom. The first-order chi connectivity index (χ1) is 6.16. The van der Waals surface area contributed by atoms with E-state index in [4.69, 9.17) is 0 Å². The minimum absolute atomic E-state index is 0.109. The predicted molar refractivity (Wildman–Crippen MR) is 51.2 cm³/mol. The topological polar surface area (TPSA) is 29.5 Å². The molecule has 1 heterocycles. The first-order valence-corrected chi connectivity index (χ1v) is 4.38. The molecule has 72 valence electrons. The number of methoxy groups -OCH3 is 1. The first kappa shape index (κ1) is 9.84. The van der Waals surface area contributed by atoms with E-state index in [0.717, 1.165) is 0 Å². The number of carbonyl (C=O) groups excluding carboxylic acids is 1. The minimum Gasteiger partial charge on any atom is -0.452 e. The van der Waals surface area contributed by atoms with Crippen LogP contribution in [-0.4, -0.2) is 24.1 Å². The zero-order valence-electron chi connectivity index (χ0n) is 8.23. The summed E-state index contributed by atoms with van der Waals surface area (Å²) >= 11 is 0. The van der Waals surface area contributed by atoms with Crippen molar-refractivity contribution in [3.05, 3.63) is 24.4 Å². The third-order valence-corrected chi connectivity index (χ3v) is 2.06. The predicted octanol–water partition coefficient (Wildman–Crippen LogP) is 2.16. The highest BCUT2D eigenvalue weighted by Crippen LogP contribution is 2.17. The summed E-state index contributed by atoms with van der Waals surface area (Å²) in [6, 6.07) is 0.109. The lowest BCUT2D eigenvalue weighted by molar-refractivity contribution is 0.124. The van der Waals surface area contributed by atoms with E-state index in [9.17, 15) is 4.79 Å². The largest absolute Gasteiger partial charge is 0.452 e. The molecule has 1 aliphatic rings. The average Bonchev–Trinajstić information content (AvgIpc) is 2.16. The maximum Gasteiger partial charge on any atom is 0.414 e. The van der Waals surface area contributed by atoms with Crippen molar-refractivity contribution in [2.24, 2.45) is 5.92 Å². The fraction of sp³-hybridized carbons (Fsp3) is 0.500. The van der Waals surface area contributed by atoms with E-state index in [1.807, 2.05) is 18.2 Å². The Labute approximate surface area is 78.7 Å². The molecule has 1 rings (SSSR count). The number of hydrogen-bond donors (Lipinski definition) is 0. The Hall–Kier alpha value is -1.25. The molecule has 0 aromatic heterocycles. The summed E-state index contributed by atoms with van der Waals surface area (Å²) in [5, 5.41) is 0. The molecule has 1 atom stereocenters. The van der Waals surface area contributed by atoms with Crippen LogP contribution in [0.4, 0.5) is 4.79 Å². The molecular formula is C10H15NO2. The van der Waals surface area contributed by atoms with Gasteiger partial charge in [-0.3, -0.25) is 4.90 Å². The normalized spacial score (nSPS) is 20.9. The molecule has 0 aromatic carbocycles. The van der Waals surface area contributed by atoms with Crippen LogP contribution in [0.2, 0.25) is 0 Å². The summed E-state index contributed by atoms with van der Waals surface area (Å²) in [5.41, 5.74) is 0. The summed E-state index contributed by atoms with van der Waals surface area (Å²) in [4.78, 5) is 12.9. The Kier molecular flexibility index (Phi) is 3.12. The van der Waals surface area contributed by atoms with E-state index in [2.05, 4.69) is 18.6 Å². The van der Waals surface area contributed by atoms with E-state index in [-0.39, 0.29) is 12.1 Å². The van der Waals surface area contributed by atoms with Gasteiger partial charge >= 0.3 is 6.09 Å². The van der Waals surface area contributed by atoms with Crippen LogP contribution in [-0.2, 0) is 4.74 Å². The van der Waals surface area contributed by atoms with Crippen molar-refractivity contribution in [3.8, 4) is 0 Å². The molecule has 3 nitrogen and oxygen atoms in total. The molecule has 13 heavy (non-hydrogen) atoms. The van der Waals surface area contributed by atoms with Crippen LogP contribution in [0.15, 0.2) is 24.4 Å². The number of amides is 1. The number of hydrogen-bond acceptors (Lipinski definition) is 2. The quantitative estimate of drug-likeness (QED) is 0.620. The van der Waals surface area contributed by atoms with Gasteiger partial charge < -0.3 is 4.74 Å². The molecule has 1 amide bonds. The number of rotatable bonds is 1. The summed E-state index contributed by atoms with van der Waals surface area (Å²) in [5.74, 6) is 0.389. The van der Waals surface area contributed by atoms with Crippen molar-refractivity contribution >= 4 is 6.09 Å². The monoisotopic (exact) mass is 181 g/mol. The van der Waals surface area contributed by atoms with Crippen LogP contribution in [0.5, 0.6) is 0 Å². The minimum atomic E-state index is -0.306. The van der Waals surface area contributed by atoms with Gasteiger partial charge in [0.15, 0.2) is 0 Å². The molecule has 0 radical (unpaired) electrons. The summed E-state index contributed by atoms with van der Waals surface area (Å²) in [7, 11) is 1.39. The Bertz CT molecular complexity index is 243. The highest BCUT2D eigenvalue weighted by atomic mass is 16.5. The molecule has 0 aliphatic carbocycles. The van der Waals surface area contributed by atoms with Gasteiger partial charge in [0.2, 0.25) is 0 Å². The van der Waals surface area contributed by atoms with Gasteiger partial charge in [0, 0.05) is 6.20 Å². The van der Waals surface area contributed by atoms with E-state index < -0.39 is 0 Å². The van der Waals surface area contributed by atoms with Crippen molar-refractivity contribution < 1.29 is 9.53 Å². The lowest BCUT2D eigenvalue weighted by Gasteiger charge is -2.29. The highest BCUT2D eigenvalue weighted by molar-refractivity contribution is 5.70. The van der Waals surface area contributed by atoms with E-state index in [1.54, 1.807) is 11.1 Å². The molecule has 1 aliphatic heterocycles. The van der Waals surface area contributed by atoms with E-state index in [1.165, 1.54) is 7.11 Å². The Morgan fingerprint density at radius 1 is 1.46 bits per heavy atom. The third-order valence-electron chi connectivity index (χ3n) is 2.06. The number of carbonyl (C=O) groups is 1. The van der Waals surface area contributed by atoms with Gasteiger partial charge in [0.1, 0.15) is 0 Å². The fourth-order valence-corrected chi connectivity index (χ4v) is 1.34. The van der Waals surface area contributed by atoms with Crippen LogP contribution in [0.1, 0.15) is 13.8 Å². The standard InChI is InChI=1S/C10H15NO2/c1-8(2)9-6-4-5-7-11(9)10(12)13-3/h4-9H,1-3H3. The fourth-order valence-electron chi connectivity index (χ4n) is 1.34. The van der Waals surface area contributed by atoms with Crippen LogP contribution in [0, 0.1) is 5.92 Å². The van der Waals surface area contributed by atoms with E-state index in [0.29, 0.717) is 5.92 Å². The number of allylic oxidation sites excluding steroid dienone is 2. The molecule has 0 spiro atoms. The van der Waals surface area contributed by atoms with Gasteiger partial charge in [-0.2, -0.15) is 0 Å². The van der Waals surface area contributed by atoms with Gasteiger partial charge in [-0.15, -0.1) is 0 Å². The molecule has 0 saturated carbocycles. The highest BCUT2D eigenvalue weighted by Gasteiger charge is 2.23. The third kappa shape index (κ3) is 2.11. The van der Waals surface area contributed by atoms with Crippen LogP contribution < -0.4 is 0 Å². The van der Waals surface area contributed by atoms with Gasteiger partial charge in [-0.1, -0.05) is 26.0 Å². The lowest BCUT2D eigenvalue weighted by Crippen LogP contribution is -2.39. The van der Waals surface area contributed by atoms with Crippen LogP contribution in [0.3, 0.4) is 0 Å². The molecule has 0 fully saturated rings. The molecular weight excluding hydrogens is 166 g/mol. The summed E-state index contributed by atoms with van der Waals surface area (Å²) in [6.45, 7) is 4.15. The first-order valence-electron chi connectivity index (χ1n) is 4.38. The zero-order valence-corrected chi connectivity index (χ0v) is 8.23. The SMILES string of the molecule is COC(=O)N1C=CC=CC1C(C)C. The van der Waals surface area contributed by atoms with Crippen LogP contribution >= 0.6 is 0 Å². The van der Waals surface area contributed by atoms with Crippen molar-refractivity contribution in [3.63, 3.8) is 0 Å². The van der Waals surface area contributed by atoms with Crippen molar-refractivity contribution in [1.82, 2.24) is 4.90 Å². The molecule has 3 heteroatoms. The summed E-state index contributed by atoms with van der Waals surface area (Å²) in [6.07, 6.45) is 7.22. The lowest BCUT2D eigenvalue weighted by atomic mass is 10.0. The van der Waals surface area contributed by atoms with Crippen LogP contribution in [0.25, 0.3) is 0 Å². The molecule has 0 aromatic rings. The smallest absolute Gasteiger partial charge is 0.414 e. The maximum absolute atomic E-state index is 11.3. The zero-order chi connectivity index (χ0) is 9.84. The second kappa shape index (κ2) is 4.12. The van der Waals surface area contributed by atoms with Gasteiger partial charge in [-0.05, 0) is 12.0 Å². The molecule has 0 saturated heterocycles. The maximum atomic E-state index is 11.3. The van der Waals surface area contributed by atoms with E-state index >= 15 is 0 Å². The summed E-state index contributed by atoms with van der Waals surface area (Å²) < 4.78 is 4.67. The van der Waals surface area contributed by atoms with Gasteiger partial charge in [0.25, 0.3) is 0 Å². The van der Waals surface area contributed by atoms with Gasteiger partial charge in [-0.25, -0.2) is 4.79 Å². The molecule has 0 N–H and O–H groups in total. The number of nitrogens with zero attached hydrogens (tertiary/aromatic N) is 1. The average molecular weight is 181 g/mol.